The second kappa shape index (κ2) is 6.40. The third kappa shape index (κ3) is 3.51. The topological polar surface area (TPSA) is 75.5 Å². The van der Waals surface area contributed by atoms with Crippen LogP contribution in [-0.4, -0.2) is 59.3 Å². The van der Waals surface area contributed by atoms with Gasteiger partial charge in [-0.1, -0.05) is 6.08 Å². The minimum atomic E-state index is -3.58. The molecule has 0 bridgehead atoms. The molecule has 0 spiro atoms. The summed E-state index contributed by atoms with van der Waals surface area (Å²) in [6.07, 6.45) is 6.77. The molecular weight excluding hydrogens is 292 g/mol. The second-order valence-corrected chi connectivity index (χ2v) is 6.85. The van der Waals surface area contributed by atoms with Gasteiger partial charge in [-0.2, -0.15) is 4.31 Å². The average Bonchev–Trinajstić information content (AvgIpc) is 2.74. The summed E-state index contributed by atoms with van der Waals surface area (Å²) in [4.78, 5) is 17.4. The van der Waals surface area contributed by atoms with Crippen LogP contribution >= 0.6 is 0 Å². The van der Waals surface area contributed by atoms with Crippen molar-refractivity contribution in [3.05, 3.63) is 24.7 Å². The van der Waals surface area contributed by atoms with Gasteiger partial charge in [0.05, 0.1) is 6.33 Å². The standard InChI is InChI=1S/C13H20N4O3S/c1-3-5-13(18)16-6-4-7-17(9-8-16)21(19,20)12-10-15(2)11-14-12/h3,5,10-11H,4,6-9H2,1-2H3. The third-order valence-electron chi connectivity index (χ3n) is 3.36. The number of aromatic nitrogens is 2. The number of carbonyl (C=O) groups excluding carboxylic acids is 1. The highest BCUT2D eigenvalue weighted by molar-refractivity contribution is 7.89. The van der Waals surface area contributed by atoms with Crippen LogP contribution in [0.4, 0.5) is 0 Å². The largest absolute Gasteiger partial charge is 0.339 e. The van der Waals surface area contributed by atoms with Gasteiger partial charge in [0.25, 0.3) is 10.0 Å². The average molecular weight is 312 g/mol. The molecule has 0 atom stereocenters. The van der Waals surface area contributed by atoms with Gasteiger partial charge in [0.1, 0.15) is 0 Å². The first-order valence-electron chi connectivity index (χ1n) is 6.85. The Kier molecular flexibility index (Phi) is 4.79. The number of allylic oxidation sites excluding steroid dienone is 1. The lowest BCUT2D eigenvalue weighted by atomic mass is 10.3. The van der Waals surface area contributed by atoms with Crippen LogP contribution in [0.2, 0.25) is 0 Å². The zero-order valence-electron chi connectivity index (χ0n) is 12.3. The number of sulfonamides is 1. The van der Waals surface area contributed by atoms with Gasteiger partial charge in [-0.15, -0.1) is 0 Å². The van der Waals surface area contributed by atoms with Crippen molar-refractivity contribution in [2.75, 3.05) is 26.2 Å². The van der Waals surface area contributed by atoms with Gasteiger partial charge in [-0.25, -0.2) is 13.4 Å². The third-order valence-corrected chi connectivity index (χ3v) is 5.15. The summed E-state index contributed by atoms with van der Waals surface area (Å²) in [6.45, 7) is 3.45. The first-order chi connectivity index (χ1) is 9.95. The van der Waals surface area contributed by atoms with E-state index in [2.05, 4.69) is 4.98 Å². The highest BCUT2D eigenvalue weighted by atomic mass is 32.2. The van der Waals surface area contributed by atoms with Crippen molar-refractivity contribution in [2.24, 2.45) is 7.05 Å². The van der Waals surface area contributed by atoms with Crippen LogP contribution in [0.1, 0.15) is 13.3 Å². The molecule has 0 aromatic carbocycles. The Bertz CT molecular complexity index is 636. The first-order valence-corrected chi connectivity index (χ1v) is 8.29. The van der Waals surface area contributed by atoms with Crippen molar-refractivity contribution >= 4 is 15.9 Å². The lowest BCUT2D eigenvalue weighted by molar-refractivity contribution is -0.125. The highest BCUT2D eigenvalue weighted by Crippen LogP contribution is 2.15. The SMILES string of the molecule is CC=CC(=O)N1CCCN(S(=O)(=O)c2cn(C)cn2)CC1. The summed E-state index contributed by atoms with van der Waals surface area (Å²) in [6, 6.07) is 0. The van der Waals surface area contributed by atoms with Crippen LogP contribution in [-0.2, 0) is 21.9 Å². The molecule has 0 aliphatic carbocycles. The lowest BCUT2D eigenvalue weighted by Gasteiger charge is -2.20. The molecule has 0 radical (unpaired) electrons. The minimum Gasteiger partial charge on any atom is -0.339 e. The number of rotatable bonds is 3. The Morgan fingerprint density at radius 3 is 2.67 bits per heavy atom. The monoisotopic (exact) mass is 312 g/mol. The van der Waals surface area contributed by atoms with Gasteiger partial charge >= 0.3 is 0 Å². The Morgan fingerprint density at radius 2 is 2.05 bits per heavy atom. The molecule has 8 heteroatoms. The van der Waals surface area contributed by atoms with Gasteiger partial charge in [0.15, 0.2) is 5.03 Å². The Labute approximate surface area is 124 Å². The first kappa shape index (κ1) is 15.7. The van der Waals surface area contributed by atoms with E-state index in [0.29, 0.717) is 32.6 Å². The predicted octanol–water partition coefficient (Wildman–Crippen LogP) is 0.219. The number of carbonyl (C=O) groups is 1. The predicted molar refractivity (Wildman–Crippen MR) is 78.0 cm³/mol. The van der Waals surface area contributed by atoms with Crippen LogP contribution in [0.25, 0.3) is 0 Å². The van der Waals surface area contributed by atoms with Gasteiger partial charge in [0.2, 0.25) is 5.91 Å². The highest BCUT2D eigenvalue weighted by Gasteiger charge is 2.29. The fourth-order valence-electron chi connectivity index (χ4n) is 2.26. The summed E-state index contributed by atoms with van der Waals surface area (Å²) in [5, 5.41) is 0.0539. The van der Waals surface area contributed by atoms with Crippen molar-refractivity contribution in [1.82, 2.24) is 18.8 Å². The summed E-state index contributed by atoms with van der Waals surface area (Å²) in [5.41, 5.74) is 0. The van der Waals surface area contributed by atoms with Crippen LogP contribution in [0, 0.1) is 0 Å². The van der Waals surface area contributed by atoms with E-state index < -0.39 is 10.0 Å². The quantitative estimate of drug-likeness (QED) is 0.748. The number of nitrogens with zero attached hydrogens (tertiary/aromatic N) is 4. The molecule has 1 amide bonds. The molecule has 2 rings (SSSR count). The molecule has 1 aliphatic rings. The fourth-order valence-corrected chi connectivity index (χ4v) is 3.69. The maximum Gasteiger partial charge on any atom is 0.262 e. The Balaban J connectivity index is 2.11. The van der Waals surface area contributed by atoms with Crippen LogP contribution in [0.5, 0.6) is 0 Å². The summed E-state index contributed by atoms with van der Waals surface area (Å²) < 4.78 is 28.0. The van der Waals surface area contributed by atoms with E-state index in [1.165, 1.54) is 22.9 Å². The number of aryl methyl sites for hydroxylation is 1. The normalized spacial score (nSPS) is 18.1. The van der Waals surface area contributed by atoms with Crippen molar-refractivity contribution in [2.45, 2.75) is 18.4 Å². The van der Waals surface area contributed by atoms with E-state index in [9.17, 15) is 13.2 Å². The van der Waals surface area contributed by atoms with E-state index in [0.717, 1.165) is 0 Å². The van der Waals surface area contributed by atoms with Crippen molar-refractivity contribution in [3.63, 3.8) is 0 Å². The number of hydrogen-bond donors (Lipinski definition) is 0. The zero-order chi connectivity index (χ0) is 15.5. The van der Waals surface area contributed by atoms with Crippen LogP contribution < -0.4 is 0 Å². The lowest BCUT2D eigenvalue weighted by Crippen LogP contribution is -2.36. The number of imidazole rings is 1. The Morgan fingerprint density at radius 1 is 1.29 bits per heavy atom. The van der Waals surface area contributed by atoms with Gasteiger partial charge < -0.3 is 9.47 Å². The van der Waals surface area contributed by atoms with Crippen LogP contribution in [0.3, 0.4) is 0 Å². The molecular formula is C13H20N4O3S. The van der Waals surface area contributed by atoms with Crippen molar-refractivity contribution in [1.29, 1.82) is 0 Å². The summed E-state index contributed by atoms with van der Waals surface area (Å²) in [5.74, 6) is -0.0745. The number of hydrogen-bond acceptors (Lipinski definition) is 4. The molecule has 1 saturated heterocycles. The molecule has 7 nitrogen and oxygen atoms in total. The van der Waals surface area contributed by atoms with E-state index in [-0.39, 0.29) is 10.9 Å². The molecule has 21 heavy (non-hydrogen) atoms. The molecule has 1 fully saturated rings. The summed E-state index contributed by atoms with van der Waals surface area (Å²) in [7, 11) is -1.85. The molecule has 0 unspecified atom stereocenters. The van der Waals surface area contributed by atoms with Gasteiger partial charge in [-0.3, -0.25) is 4.79 Å². The van der Waals surface area contributed by atoms with E-state index >= 15 is 0 Å². The number of amides is 1. The maximum absolute atomic E-state index is 12.5. The van der Waals surface area contributed by atoms with E-state index in [1.54, 1.807) is 29.5 Å². The molecule has 0 N–H and O–H groups in total. The molecule has 0 saturated carbocycles. The maximum atomic E-state index is 12.5. The van der Waals surface area contributed by atoms with Gasteiger partial charge in [-0.05, 0) is 19.4 Å². The molecule has 116 valence electrons. The fraction of sp³-hybridized carbons (Fsp3) is 0.538. The Hall–Kier alpha value is -1.67. The minimum absolute atomic E-state index is 0.0539. The summed E-state index contributed by atoms with van der Waals surface area (Å²) >= 11 is 0. The molecule has 1 aromatic heterocycles. The smallest absolute Gasteiger partial charge is 0.262 e. The van der Waals surface area contributed by atoms with Crippen molar-refractivity contribution < 1.29 is 13.2 Å². The van der Waals surface area contributed by atoms with Gasteiger partial charge in [0, 0.05) is 39.4 Å². The van der Waals surface area contributed by atoms with Crippen molar-refractivity contribution in [3.8, 4) is 0 Å². The van der Waals surface area contributed by atoms with E-state index in [4.69, 9.17) is 0 Å². The molecule has 1 aliphatic heterocycles. The zero-order valence-corrected chi connectivity index (χ0v) is 13.1. The molecule has 1 aromatic rings. The molecule has 2 heterocycles. The van der Waals surface area contributed by atoms with Crippen LogP contribution in [0.15, 0.2) is 29.7 Å². The second-order valence-electron chi connectivity index (χ2n) is 4.96. The van der Waals surface area contributed by atoms with E-state index in [1.807, 2.05) is 0 Å².